The first-order valence-electron chi connectivity index (χ1n) is 1.86. The third-order valence-corrected chi connectivity index (χ3v) is 0.431. The van der Waals surface area contributed by atoms with Gasteiger partial charge in [-0.3, -0.25) is 0 Å². The van der Waals surface area contributed by atoms with E-state index in [2.05, 4.69) is 0 Å². The van der Waals surface area contributed by atoms with Crippen molar-refractivity contribution in [3.05, 3.63) is 12.2 Å². The lowest BCUT2D eigenvalue weighted by Crippen LogP contribution is -1.96. The van der Waals surface area contributed by atoms with Crippen LogP contribution in [0.1, 0.15) is 6.92 Å². The van der Waals surface area contributed by atoms with E-state index < -0.39 is 0 Å². The number of rotatable bonds is 2. The molecule has 0 heterocycles. The highest BCUT2D eigenvalue weighted by molar-refractivity contribution is 4.77. The Morgan fingerprint density at radius 1 is 1.83 bits per heavy atom. The normalized spacial score (nSPS) is 10.3. The second kappa shape index (κ2) is 4.63. The molecular weight excluding hydrogens is 81.0 g/mol. The van der Waals surface area contributed by atoms with Gasteiger partial charge in [-0.05, 0) is 6.92 Å². The Bertz CT molecular complexity index is 42.8. The topological polar surface area (TPSA) is 12.0 Å². The molecule has 0 rings (SSSR count). The third-order valence-electron chi connectivity index (χ3n) is 0.431. The van der Waals surface area contributed by atoms with Crippen molar-refractivity contribution in [2.45, 2.75) is 6.92 Å². The van der Waals surface area contributed by atoms with E-state index in [0.717, 1.165) is 0 Å². The van der Waals surface area contributed by atoms with Gasteiger partial charge in [0, 0.05) is 6.54 Å². The van der Waals surface area contributed by atoms with E-state index in [0.29, 0.717) is 6.54 Å². The summed E-state index contributed by atoms with van der Waals surface area (Å²) in [6.45, 7) is 2.16. The predicted octanol–water partition coefficient (Wildman–Crippen LogP) is 1.04. The molecule has 0 amide bonds. The standard InChI is InChI=1S/C4H8FN/c1-2-3-4-6-5/h2-3,6H,4H2,1H3/b3-2+. The third kappa shape index (κ3) is 3.63. The Labute approximate surface area is 36.8 Å². The summed E-state index contributed by atoms with van der Waals surface area (Å²) >= 11 is 0. The van der Waals surface area contributed by atoms with E-state index in [1.54, 1.807) is 12.2 Å². The lowest BCUT2D eigenvalue weighted by Gasteiger charge is -1.77. The summed E-state index contributed by atoms with van der Waals surface area (Å²) in [5, 5.41) is 0. The Morgan fingerprint density at radius 3 is 2.67 bits per heavy atom. The summed E-state index contributed by atoms with van der Waals surface area (Å²) in [5.74, 6) is 0. The van der Waals surface area contributed by atoms with Gasteiger partial charge in [0.25, 0.3) is 0 Å². The fourth-order valence-electron chi connectivity index (χ4n) is 0.162. The largest absolute Gasteiger partial charge is 0.156 e. The van der Waals surface area contributed by atoms with Crippen molar-refractivity contribution in [2.75, 3.05) is 6.54 Å². The maximum atomic E-state index is 10.9. The van der Waals surface area contributed by atoms with E-state index in [4.69, 9.17) is 0 Å². The molecule has 6 heavy (non-hydrogen) atoms. The lowest BCUT2D eigenvalue weighted by molar-refractivity contribution is 0.357. The average molecular weight is 89.1 g/mol. The summed E-state index contributed by atoms with van der Waals surface area (Å²) in [4.78, 5) is 0. The van der Waals surface area contributed by atoms with Crippen LogP contribution in [0.5, 0.6) is 0 Å². The molecule has 0 saturated heterocycles. The van der Waals surface area contributed by atoms with Gasteiger partial charge in [0.05, 0.1) is 0 Å². The van der Waals surface area contributed by atoms with Crippen LogP contribution in [0.4, 0.5) is 4.48 Å². The van der Waals surface area contributed by atoms with Crippen LogP contribution in [-0.4, -0.2) is 6.54 Å². The van der Waals surface area contributed by atoms with Crippen LogP contribution in [0.25, 0.3) is 0 Å². The van der Waals surface area contributed by atoms with Gasteiger partial charge in [-0.15, -0.1) is 4.48 Å². The van der Waals surface area contributed by atoms with Gasteiger partial charge >= 0.3 is 0 Å². The first-order chi connectivity index (χ1) is 2.91. The molecule has 0 aliphatic carbocycles. The maximum absolute atomic E-state index is 10.9. The summed E-state index contributed by atoms with van der Waals surface area (Å²) in [5.41, 5.74) is 1.48. The summed E-state index contributed by atoms with van der Waals surface area (Å²) in [7, 11) is 0. The molecule has 1 nitrogen and oxygen atoms in total. The lowest BCUT2D eigenvalue weighted by atomic mass is 10.5. The van der Waals surface area contributed by atoms with Crippen LogP contribution >= 0.6 is 0 Å². The average Bonchev–Trinajstić information content (AvgIpc) is 1.61. The van der Waals surface area contributed by atoms with E-state index in [1.165, 1.54) is 5.54 Å². The van der Waals surface area contributed by atoms with Gasteiger partial charge in [-0.2, -0.15) is 5.54 Å². The van der Waals surface area contributed by atoms with Gasteiger partial charge in [-0.1, -0.05) is 12.2 Å². The molecule has 2 heteroatoms. The molecule has 0 aromatic heterocycles. The number of hydrogen-bond acceptors (Lipinski definition) is 1. The Hall–Kier alpha value is -0.370. The van der Waals surface area contributed by atoms with E-state index in [9.17, 15) is 4.48 Å². The minimum atomic E-state index is 0.316. The van der Waals surface area contributed by atoms with Crippen molar-refractivity contribution < 1.29 is 4.48 Å². The van der Waals surface area contributed by atoms with Crippen molar-refractivity contribution in [3.8, 4) is 0 Å². The van der Waals surface area contributed by atoms with Crippen LogP contribution in [0.15, 0.2) is 12.2 Å². The SMILES string of the molecule is C/C=C/CNF. The van der Waals surface area contributed by atoms with E-state index in [1.807, 2.05) is 6.92 Å². The van der Waals surface area contributed by atoms with Crippen LogP contribution in [0.3, 0.4) is 0 Å². The molecule has 0 atom stereocenters. The second-order valence-corrected chi connectivity index (χ2v) is 0.907. The molecule has 0 saturated carbocycles. The van der Waals surface area contributed by atoms with Crippen LogP contribution < -0.4 is 5.54 Å². The quantitative estimate of drug-likeness (QED) is 0.393. The fraction of sp³-hybridized carbons (Fsp3) is 0.500. The highest BCUT2D eigenvalue weighted by Crippen LogP contribution is 1.63. The smallest absolute Gasteiger partial charge is 0.0440 e. The first kappa shape index (κ1) is 5.63. The van der Waals surface area contributed by atoms with E-state index in [-0.39, 0.29) is 0 Å². The van der Waals surface area contributed by atoms with Gasteiger partial charge in [0.1, 0.15) is 0 Å². The molecule has 1 N–H and O–H groups in total. The van der Waals surface area contributed by atoms with Crippen molar-refractivity contribution in [1.29, 1.82) is 0 Å². The molecule has 0 spiro atoms. The second-order valence-electron chi connectivity index (χ2n) is 0.907. The zero-order chi connectivity index (χ0) is 4.83. The Morgan fingerprint density at radius 2 is 2.50 bits per heavy atom. The van der Waals surface area contributed by atoms with Crippen LogP contribution in [-0.2, 0) is 0 Å². The van der Waals surface area contributed by atoms with Gasteiger partial charge in [0.2, 0.25) is 0 Å². The maximum Gasteiger partial charge on any atom is 0.0440 e. The van der Waals surface area contributed by atoms with Crippen molar-refractivity contribution in [3.63, 3.8) is 0 Å². The molecule has 0 bridgehead atoms. The van der Waals surface area contributed by atoms with Crippen molar-refractivity contribution >= 4 is 0 Å². The van der Waals surface area contributed by atoms with Crippen molar-refractivity contribution in [1.82, 2.24) is 5.54 Å². The number of halogens is 1. The minimum Gasteiger partial charge on any atom is -0.156 e. The monoisotopic (exact) mass is 89.1 g/mol. The minimum absolute atomic E-state index is 0.316. The molecule has 0 aromatic carbocycles. The van der Waals surface area contributed by atoms with Crippen LogP contribution in [0.2, 0.25) is 0 Å². The Balaban J connectivity index is 2.66. The predicted molar refractivity (Wildman–Crippen MR) is 23.9 cm³/mol. The van der Waals surface area contributed by atoms with Crippen molar-refractivity contribution in [2.24, 2.45) is 0 Å². The van der Waals surface area contributed by atoms with Crippen LogP contribution in [0, 0.1) is 0 Å². The molecule has 0 aliphatic heterocycles. The highest BCUT2D eigenvalue weighted by atomic mass is 19.2. The summed E-state index contributed by atoms with van der Waals surface area (Å²) in [6.07, 6.45) is 3.48. The molecular formula is C4H8FN. The zero-order valence-electron chi connectivity index (χ0n) is 3.74. The molecule has 0 radical (unpaired) electrons. The number of hydrogen-bond donors (Lipinski definition) is 1. The highest BCUT2D eigenvalue weighted by Gasteiger charge is 1.64. The Kier molecular flexibility index (Phi) is 4.34. The fourth-order valence-corrected chi connectivity index (χ4v) is 0.162. The summed E-state index contributed by atoms with van der Waals surface area (Å²) < 4.78 is 10.9. The molecule has 0 unspecified atom stereocenters. The molecule has 36 valence electrons. The first-order valence-corrected chi connectivity index (χ1v) is 1.86. The van der Waals surface area contributed by atoms with E-state index >= 15 is 0 Å². The van der Waals surface area contributed by atoms with Gasteiger partial charge in [-0.25, -0.2) is 0 Å². The van der Waals surface area contributed by atoms with Gasteiger partial charge < -0.3 is 0 Å². The molecule has 0 fully saturated rings. The van der Waals surface area contributed by atoms with Gasteiger partial charge in [0.15, 0.2) is 0 Å². The zero-order valence-corrected chi connectivity index (χ0v) is 3.74. The molecule has 0 aliphatic rings. The molecule has 0 aromatic rings. The summed E-state index contributed by atoms with van der Waals surface area (Å²) in [6, 6.07) is 0. The number of nitrogens with one attached hydrogen (secondary N) is 1. The number of allylic oxidation sites excluding steroid dienone is 1.